The Kier molecular flexibility index (Phi) is 4.28. The summed E-state index contributed by atoms with van der Waals surface area (Å²) >= 11 is 0. The van der Waals surface area contributed by atoms with Crippen molar-refractivity contribution in [1.29, 1.82) is 0 Å². The summed E-state index contributed by atoms with van der Waals surface area (Å²) in [5.74, 6) is 0.604. The maximum absolute atomic E-state index is 5.71. The second kappa shape index (κ2) is 5.75. The highest BCUT2D eigenvalue weighted by Gasteiger charge is 2.30. The van der Waals surface area contributed by atoms with Gasteiger partial charge in [-0.05, 0) is 54.8 Å². The lowest BCUT2D eigenvalue weighted by Crippen LogP contribution is -2.37. The summed E-state index contributed by atoms with van der Waals surface area (Å²) in [6.45, 7) is 6.98. The molecule has 0 aromatic heterocycles. The summed E-state index contributed by atoms with van der Waals surface area (Å²) in [5.41, 5.74) is 8.53. The van der Waals surface area contributed by atoms with E-state index < -0.39 is 0 Å². The molecule has 1 aliphatic carbocycles. The van der Waals surface area contributed by atoms with Gasteiger partial charge in [0.15, 0.2) is 0 Å². The lowest BCUT2D eigenvalue weighted by atomic mass is 9.70. The minimum absolute atomic E-state index is 0.588. The van der Waals surface area contributed by atoms with Crippen LogP contribution < -0.4 is 11.1 Å². The zero-order valence-corrected chi connectivity index (χ0v) is 11.7. The Hall–Kier alpha value is -1.02. The quantitative estimate of drug-likeness (QED) is 0.595. The first-order valence-corrected chi connectivity index (χ1v) is 7.15. The molecule has 1 fully saturated rings. The van der Waals surface area contributed by atoms with Crippen molar-refractivity contribution in [2.45, 2.75) is 45.4 Å². The maximum Gasteiger partial charge on any atom is 0.0314 e. The van der Waals surface area contributed by atoms with Gasteiger partial charge in [0.05, 0.1) is 0 Å². The monoisotopic (exact) mass is 246 g/mol. The number of anilines is 1. The topological polar surface area (TPSA) is 38.0 Å². The van der Waals surface area contributed by atoms with Gasteiger partial charge in [0.1, 0.15) is 0 Å². The summed E-state index contributed by atoms with van der Waals surface area (Å²) in [4.78, 5) is 0. The van der Waals surface area contributed by atoms with Gasteiger partial charge in [-0.15, -0.1) is 0 Å². The Morgan fingerprint density at radius 2 is 1.94 bits per heavy atom. The van der Waals surface area contributed by atoms with Crippen LogP contribution in [0.4, 0.5) is 5.69 Å². The van der Waals surface area contributed by atoms with Gasteiger partial charge < -0.3 is 11.1 Å². The van der Waals surface area contributed by atoms with Crippen molar-refractivity contribution in [3.63, 3.8) is 0 Å². The highest BCUT2D eigenvalue weighted by molar-refractivity contribution is 5.40. The predicted octanol–water partition coefficient (Wildman–Crippen LogP) is 3.54. The van der Waals surface area contributed by atoms with E-state index in [1.165, 1.54) is 37.8 Å². The van der Waals surface area contributed by atoms with Crippen LogP contribution in [0.25, 0.3) is 0 Å². The molecule has 0 spiro atoms. The van der Waals surface area contributed by atoms with Crippen LogP contribution in [0.5, 0.6) is 0 Å². The first-order chi connectivity index (χ1) is 8.59. The molecule has 0 bridgehead atoms. The Balaban J connectivity index is 1.68. The molecule has 2 heteroatoms. The molecule has 0 radical (unpaired) electrons. The highest BCUT2D eigenvalue weighted by atomic mass is 14.9. The molecule has 2 nitrogen and oxygen atoms in total. The zero-order chi connectivity index (χ0) is 13.0. The number of benzene rings is 1. The highest BCUT2D eigenvalue weighted by Crippen LogP contribution is 2.39. The number of nitrogens with one attached hydrogen (secondary N) is 1. The van der Waals surface area contributed by atoms with Crippen LogP contribution in [0.2, 0.25) is 0 Å². The van der Waals surface area contributed by atoms with Crippen molar-refractivity contribution in [1.82, 2.24) is 5.32 Å². The van der Waals surface area contributed by atoms with E-state index in [1.807, 2.05) is 12.1 Å². The molecule has 1 aromatic carbocycles. The molecule has 1 aliphatic rings. The fourth-order valence-electron chi connectivity index (χ4n) is 2.66. The van der Waals surface area contributed by atoms with Gasteiger partial charge in [0.2, 0.25) is 0 Å². The van der Waals surface area contributed by atoms with E-state index in [9.17, 15) is 0 Å². The number of hydrogen-bond donors (Lipinski definition) is 2. The van der Waals surface area contributed by atoms with Crippen LogP contribution in [0.1, 0.15) is 51.0 Å². The molecule has 2 rings (SSSR count). The van der Waals surface area contributed by atoms with E-state index in [1.54, 1.807) is 0 Å². The minimum Gasteiger partial charge on any atom is -0.399 e. The van der Waals surface area contributed by atoms with Crippen molar-refractivity contribution in [2.75, 3.05) is 18.8 Å². The second-order valence-electron chi connectivity index (χ2n) is 6.20. The summed E-state index contributed by atoms with van der Waals surface area (Å²) < 4.78 is 0. The van der Waals surface area contributed by atoms with Crippen molar-refractivity contribution in [3.8, 4) is 0 Å². The summed E-state index contributed by atoms with van der Waals surface area (Å²) in [6.07, 6.45) is 5.40. The lowest BCUT2D eigenvalue weighted by molar-refractivity contribution is 0.157. The third-order valence-corrected chi connectivity index (χ3v) is 4.37. The molecule has 1 unspecified atom stereocenters. The number of nitrogen functional groups attached to an aromatic ring is 1. The largest absolute Gasteiger partial charge is 0.399 e. The van der Waals surface area contributed by atoms with Gasteiger partial charge in [-0.25, -0.2) is 0 Å². The fraction of sp³-hybridized carbons (Fsp3) is 0.625. The third kappa shape index (κ3) is 3.49. The number of rotatable bonds is 6. The van der Waals surface area contributed by atoms with Gasteiger partial charge in [0, 0.05) is 12.2 Å². The van der Waals surface area contributed by atoms with Crippen LogP contribution in [0.15, 0.2) is 24.3 Å². The van der Waals surface area contributed by atoms with Gasteiger partial charge in [-0.2, -0.15) is 0 Å². The van der Waals surface area contributed by atoms with Crippen LogP contribution in [0.3, 0.4) is 0 Å². The number of hydrogen-bond acceptors (Lipinski definition) is 2. The van der Waals surface area contributed by atoms with Crippen LogP contribution in [-0.2, 0) is 0 Å². The SMILES string of the molecule is CC(CCNCC1(C)CCC1)c1ccc(N)cc1. The third-order valence-electron chi connectivity index (χ3n) is 4.37. The van der Waals surface area contributed by atoms with E-state index in [4.69, 9.17) is 5.73 Å². The van der Waals surface area contributed by atoms with Gasteiger partial charge in [-0.3, -0.25) is 0 Å². The van der Waals surface area contributed by atoms with Crippen LogP contribution >= 0.6 is 0 Å². The minimum atomic E-state index is 0.588. The summed E-state index contributed by atoms with van der Waals surface area (Å²) in [6, 6.07) is 8.28. The van der Waals surface area contributed by atoms with Crippen molar-refractivity contribution >= 4 is 5.69 Å². The second-order valence-corrected chi connectivity index (χ2v) is 6.20. The molecular formula is C16H26N2. The Bertz CT molecular complexity index is 365. The van der Waals surface area contributed by atoms with Crippen molar-refractivity contribution in [3.05, 3.63) is 29.8 Å². The smallest absolute Gasteiger partial charge is 0.0314 e. The van der Waals surface area contributed by atoms with Crippen LogP contribution in [0, 0.1) is 5.41 Å². The van der Waals surface area contributed by atoms with E-state index in [0.29, 0.717) is 11.3 Å². The Morgan fingerprint density at radius 1 is 1.28 bits per heavy atom. The maximum atomic E-state index is 5.71. The normalized spacial score (nSPS) is 19.2. The lowest BCUT2D eigenvalue weighted by Gasteiger charge is -2.38. The van der Waals surface area contributed by atoms with Crippen molar-refractivity contribution in [2.24, 2.45) is 5.41 Å². The molecule has 3 N–H and O–H groups in total. The molecule has 1 saturated carbocycles. The average Bonchev–Trinajstić information content (AvgIpc) is 2.33. The predicted molar refractivity (Wildman–Crippen MR) is 78.7 cm³/mol. The van der Waals surface area contributed by atoms with Gasteiger partial charge >= 0.3 is 0 Å². The molecular weight excluding hydrogens is 220 g/mol. The first-order valence-electron chi connectivity index (χ1n) is 7.15. The van der Waals surface area contributed by atoms with Gasteiger partial charge in [-0.1, -0.05) is 32.4 Å². The molecule has 100 valence electrons. The first kappa shape index (κ1) is 13.4. The zero-order valence-electron chi connectivity index (χ0n) is 11.7. The molecule has 0 amide bonds. The van der Waals surface area contributed by atoms with Gasteiger partial charge in [0.25, 0.3) is 0 Å². The standard InChI is InChI=1S/C16H26N2/c1-13(14-4-6-15(17)7-5-14)8-11-18-12-16(2)9-3-10-16/h4-7,13,18H,3,8-12,17H2,1-2H3. The fourth-order valence-corrected chi connectivity index (χ4v) is 2.66. The average molecular weight is 246 g/mol. The number of nitrogens with two attached hydrogens (primary N) is 1. The van der Waals surface area contributed by atoms with E-state index in [0.717, 1.165) is 12.2 Å². The van der Waals surface area contributed by atoms with E-state index in [2.05, 4.69) is 31.3 Å². The molecule has 1 atom stereocenters. The summed E-state index contributed by atoms with van der Waals surface area (Å²) in [5, 5.41) is 3.62. The van der Waals surface area contributed by atoms with E-state index in [-0.39, 0.29) is 0 Å². The van der Waals surface area contributed by atoms with Crippen LogP contribution in [-0.4, -0.2) is 13.1 Å². The Morgan fingerprint density at radius 3 is 2.50 bits per heavy atom. The molecule has 0 aliphatic heterocycles. The van der Waals surface area contributed by atoms with E-state index >= 15 is 0 Å². The molecule has 1 aromatic rings. The molecule has 0 heterocycles. The molecule has 0 saturated heterocycles. The summed E-state index contributed by atoms with van der Waals surface area (Å²) in [7, 11) is 0. The Labute approximate surface area is 111 Å². The molecule has 18 heavy (non-hydrogen) atoms. The van der Waals surface area contributed by atoms with Crippen molar-refractivity contribution < 1.29 is 0 Å².